The zero-order valence-electron chi connectivity index (χ0n) is 16.4. The van der Waals surface area contributed by atoms with Crippen LogP contribution in [-0.2, 0) is 27.0 Å². The monoisotopic (exact) mass is 364 g/mol. The van der Waals surface area contributed by atoms with Gasteiger partial charge in [0.1, 0.15) is 5.78 Å². The van der Waals surface area contributed by atoms with Crippen LogP contribution in [0.3, 0.4) is 0 Å². The molecule has 1 N–H and O–H groups in total. The number of carbonyl (C=O) groups is 2. The topological polar surface area (TPSA) is 63.6 Å². The number of hydrogen-bond donors (Lipinski definition) is 1. The van der Waals surface area contributed by atoms with Gasteiger partial charge in [-0.3, -0.25) is 9.59 Å². The van der Waals surface area contributed by atoms with E-state index in [1.165, 1.54) is 5.56 Å². The molecule has 0 saturated heterocycles. The average Bonchev–Trinajstić information content (AvgIpc) is 2.50. The normalized spacial score (nSPS) is 13.5. The Morgan fingerprint density at radius 1 is 1.12 bits per heavy atom. The molecule has 1 rings (SSSR count). The molecular formula is C20H32O4Si. The number of aliphatic carboxylic acids is 1. The summed E-state index contributed by atoms with van der Waals surface area (Å²) in [5.41, 5.74) is 1.51. The maximum absolute atomic E-state index is 12.2. The van der Waals surface area contributed by atoms with Crippen molar-refractivity contribution in [3.63, 3.8) is 0 Å². The van der Waals surface area contributed by atoms with Gasteiger partial charge < -0.3 is 9.84 Å². The van der Waals surface area contributed by atoms with Crippen LogP contribution in [0.15, 0.2) is 24.3 Å². The molecular weight excluding hydrogens is 332 g/mol. The van der Waals surface area contributed by atoms with Gasteiger partial charge in [-0.15, -0.1) is 0 Å². The van der Waals surface area contributed by atoms with E-state index in [1.807, 2.05) is 12.1 Å². The lowest BCUT2D eigenvalue weighted by Gasteiger charge is -2.32. The zero-order valence-corrected chi connectivity index (χ0v) is 17.4. The third-order valence-electron chi connectivity index (χ3n) is 4.41. The van der Waals surface area contributed by atoms with Crippen LogP contribution in [0, 0.1) is 5.41 Å². The van der Waals surface area contributed by atoms with Crippen LogP contribution in [0.5, 0.6) is 0 Å². The zero-order chi connectivity index (χ0) is 19.3. The summed E-state index contributed by atoms with van der Waals surface area (Å²) in [6, 6.07) is 9.43. The van der Waals surface area contributed by atoms with Crippen molar-refractivity contribution < 1.29 is 19.4 Å². The highest BCUT2D eigenvalue weighted by atomic mass is 28.3. The second kappa shape index (κ2) is 8.76. The standard InChI is InChI=1S/C20H32O4Si/c1-7-17(21)20(2,3)18(12-19(22)23)24-13-15-8-10-16(11-9-15)14-25(4,5)6/h8-11,18H,7,12-14H2,1-6H3,(H,22,23). The van der Waals surface area contributed by atoms with Crippen LogP contribution < -0.4 is 0 Å². The van der Waals surface area contributed by atoms with E-state index in [0.717, 1.165) is 11.6 Å². The number of hydrogen-bond acceptors (Lipinski definition) is 3. The minimum atomic E-state index is -1.15. The van der Waals surface area contributed by atoms with E-state index in [2.05, 4.69) is 31.8 Å². The van der Waals surface area contributed by atoms with E-state index in [0.29, 0.717) is 13.0 Å². The summed E-state index contributed by atoms with van der Waals surface area (Å²) in [6.07, 6.45) is -0.441. The van der Waals surface area contributed by atoms with Gasteiger partial charge in [-0.25, -0.2) is 0 Å². The second-order valence-corrected chi connectivity index (χ2v) is 13.9. The van der Waals surface area contributed by atoms with E-state index >= 15 is 0 Å². The molecule has 0 heterocycles. The molecule has 0 fully saturated rings. The lowest BCUT2D eigenvalue weighted by molar-refractivity contribution is -0.148. The van der Waals surface area contributed by atoms with Crippen LogP contribution in [0.25, 0.3) is 0 Å². The largest absolute Gasteiger partial charge is 0.481 e. The lowest BCUT2D eigenvalue weighted by Crippen LogP contribution is -2.40. The minimum Gasteiger partial charge on any atom is -0.481 e. The molecule has 0 spiro atoms. The summed E-state index contributed by atoms with van der Waals surface area (Å²) < 4.78 is 5.87. The fourth-order valence-corrected chi connectivity index (χ4v) is 4.34. The quantitative estimate of drug-likeness (QED) is 0.622. The molecule has 140 valence electrons. The fraction of sp³-hybridized carbons (Fsp3) is 0.600. The van der Waals surface area contributed by atoms with Crippen molar-refractivity contribution in [2.45, 2.75) is 72.0 Å². The number of carbonyl (C=O) groups excluding carboxylic acids is 1. The van der Waals surface area contributed by atoms with E-state index in [-0.39, 0.29) is 12.2 Å². The Balaban J connectivity index is 2.79. The van der Waals surface area contributed by atoms with Gasteiger partial charge in [-0.2, -0.15) is 0 Å². The van der Waals surface area contributed by atoms with Crippen molar-refractivity contribution in [2.75, 3.05) is 0 Å². The Hall–Kier alpha value is -1.46. The first-order valence-corrected chi connectivity index (χ1v) is 12.6. The highest BCUT2D eigenvalue weighted by molar-refractivity contribution is 6.75. The molecule has 0 bridgehead atoms. The molecule has 0 radical (unpaired) electrons. The molecule has 0 amide bonds. The van der Waals surface area contributed by atoms with Crippen LogP contribution >= 0.6 is 0 Å². The van der Waals surface area contributed by atoms with Crippen molar-refractivity contribution in [1.29, 1.82) is 0 Å². The SMILES string of the molecule is CCC(=O)C(C)(C)C(CC(=O)O)OCc1ccc(C[Si](C)(C)C)cc1. The minimum absolute atomic E-state index is 0.0178. The number of Topliss-reactive ketones (excluding diaryl/α,β-unsaturated/α-hetero) is 1. The molecule has 1 atom stereocenters. The summed E-state index contributed by atoms with van der Waals surface area (Å²) in [5, 5.41) is 9.16. The molecule has 1 aromatic rings. The van der Waals surface area contributed by atoms with Crippen molar-refractivity contribution in [3.05, 3.63) is 35.4 Å². The lowest BCUT2D eigenvalue weighted by atomic mass is 9.79. The molecule has 0 saturated carbocycles. The number of carboxylic acids is 1. The third-order valence-corrected chi connectivity index (χ3v) is 5.88. The van der Waals surface area contributed by atoms with Gasteiger partial charge in [0.25, 0.3) is 0 Å². The van der Waals surface area contributed by atoms with E-state index in [9.17, 15) is 9.59 Å². The predicted molar refractivity (Wildman–Crippen MR) is 103 cm³/mol. The maximum atomic E-state index is 12.2. The third kappa shape index (κ3) is 7.12. The number of rotatable bonds is 10. The Bertz CT molecular complexity index is 585. The molecule has 4 nitrogen and oxygen atoms in total. The van der Waals surface area contributed by atoms with Crippen molar-refractivity contribution in [2.24, 2.45) is 5.41 Å². The van der Waals surface area contributed by atoms with Crippen LogP contribution in [-0.4, -0.2) is 31.0 Å². The summed E-state index contributed by atoms with van der Waals surface area (Å²) in [5.74, 6) is -0.934. The summed E-state index contributed by atoms with van der Waals surface area (Å²) in [4.78, 5) is 23.3. The number of benzene rings is 1. The first-order valence-electron chi connectivity index (χ1n) is 8.90. The van der Waals surface area contributed by atoms with Crippen LogP contribution in [0.2, 0.25) is 19.6 Å². The van der Waals surface area contributed by atoms with Gasteiger partial charge in [0.05, 0.1) is 24.5 Å². The number of ether oxygens (including phenoxy) is 1. The van der Waals surface area contributed by atoms with E-state index in [4.69, 9.17) is 9.84 Å². The Labute approximate surface area is 152 Å². The molecule has 0 aliphatic rings. The molecule has 5 heteroatoms. The highest BCUT2D eigenvalue weighted by Crippen LogP contribution is 2.29. The van der Waals surface area contributed by atoms with Gasteiger partial charge in [0, 0.05) is 14.5 Å². The van der Waals surface area contributed by atoms with Gasteiger partial charge in [0.15, 0.2) is 0 Å². The van der Waals surface area contributed by atoms with Crippen molar-refractivity contribution >= 4 is 19.8 Å². The second-order valence-electron chi connectivity index (χ2n) is 8.45. The molecule has 0 aliphatic heterocycles. The van der Waals surface area contributed by atoms with Gasteiger partial charge in [-0.1, -0.05) is 70.2 Å². The Morgan fingerprint density at radius 2 is 1.64 bits per heavy atom. The van der Waals surface area contributed by atoms with Crippen LogP contribution in [0.4, 0.5) is 0 Å². The van der Waals surface area contributed by atoms with E-state index < -0.39 is 25.6 Å². The average molecular weight is 365 g/mol. The van der Waals surface area contributed by atoms with Gasteiger partial charge in [-0.05, 0) is 11.6 Å². The molecule has 25 heavy (non-hydrogen) atoms. The maximum Gasteiger partial charge on any atom is 0.306 e. The highest BCUT2D eigenvalue weighted by Gasteiger charge is 2.37. The van der Waals surface area contributed by atoms with Crippen molar-refractivity contribution in [1.82, 2.24) is 0 Å². The number of carboxylic acid groups (broad SMARTS) is 1. The van der Waals surface area contributed by atoms with Crippen LogP contribution in [0.1, 0.15) is 44.7 Å². The Morgan fingerprint density at radius 3 is 2.08 bits per heavy atom. The Kier molecular flexibility index (Phi) is 7.56. The number of ketones is 1. The molecule has 1 unspecified atom stereocenters. The summed E-state index contributed by atoms with van der Waals surface area (Å²) >= 11 is 0. The first kappa shape index (κ1) is 21.6. The fourth-order valence-electron chi connectivity index (χ4n) is 2.88. The summed E-state index contributed by atoms with van der Waals surface area (Å²) in [7, 11) is -1.15. The molecule has 0 aromatic heterocycles. The first-order chi connectivity index (χ1) is 11.5. The van der Waals surface area contributed by atoms with Crippen molar-refractivity contribution in [3.8, 4) is 0 Å². The smallest absolute Gasteiger partial charge is 0.306 e. The molecule has 0 aliphatic carbocycles. The predicted octanol–water partition coefficient (Wildman–Crippen LogP) is 4.47. The van der Waals surface area contributed by atoms with Gasteiger partial charge in [0.2, 0.25) is 0 Å². The molecule has 1 aromatic carbocycles. The van der Waals surface area contributed by atoms with Gasteiger partial charge >= 0.3 is 5.97 Å². The van der Waals surface area contributed by atoms with E-state index in [1.54, 1.807) is 20.8 Å². The summed E-state index contributed by atoms with van der Waals surface area (Å²) in [6.45, 7) is 12.7.